The quantitative estimate of drug-likeness (QED) is 0.754. The minimum Gasteiger partial charge on any atom is -0.376 e. The van der Waals surface area contributed by atoms with Gasteiger partial charge in [-0.15, -0.1) is 0 Å². The molecule has 7 nitrogen and oxygen atoms in total. The summed E-state index contributed by atoms with van der Waals surface area (Å²) in [5, 5.41) is 3.00. The number of anilines is 1. The number of rotatable bonds is 5. The maximum atomic E-state index is 13.0. The molecule has 7 heteroatoms. The van der Waals surface area contributed by atoms with Crippen LogP contribution in [0.3, 0.4) is 0 Å². The molecule has 3 aromatic rings. The number of aryl methyl sites for hydroxylation is 1. The second kappa shape index (κ2) is 7.75. The number of pyridine rings is 1. The molecule has 1 aliphatic heterocycles. The first-order valence-corrected chi connectivity index (χ1v) is 9.16. The molecule has 1 saturated heterocycles. The molecule has 3 heterocycles. The van der Waals surface area contributed by atoms with E-state index >= 15 is 0 Å². The van der Waals surface area contributed by atoms with Crippen molar-refractivity contribution in [1.29, 1.82) is 0 Å². The predicted octanol–water partition coefficient (Wildman–Crippen LogP) is 3.18. The second-order valence-corrected chi connectivity index (χ2v) is 6.86. The highest BCUT2D eigenvalue weighted by atomic mass is 16.5. The maximum absolute atomic E-state index is 13.0. The van der Waals surface area contributed by atoms with Gasteiger partial charge in [0.05, 0.1) is 23.5 Å². The summed E-state index contributed by atoms with van der Waals surface area (Å²) in [4.78, 5) is 23.2. The van der Waals surface area contributed by atoms with E-state index in [9.17, 15) is 4.79 Å². The Bertz CT molecular complexity index is 919. The maximum Gasteiger partial charge on any atom is 0.322 e. The smallest absolute Gasteiger partial charge is 0.322 e. The lowest BCUT2D eigenvalue weighted by molar-refractivity contribution is 0.0819. The van der Waals surface area contributed by atoms with E-state index in [4.69, 9.17) is 4.74 Å². The lowest BCUT2D eigenvalue weighted by Gasteiger charge is -2.26. The highest BCUT2D eigenvalue weighted by molar-refractivity contribution is 5.92. The van der Waals surface area contributed by atoms with Crippen molar-refractivity contribution < 1.29 is 9.53 Å². The average molecular weight is 365 g/mol. The van der Waals surface area contributed by atoms with E-state index in [2.05, 4.69) is 15.3 Å². The summed E-state index contributed by atoms with van der Waals surface area (Å²) in [6.45, 7) is 1.85. The van der Waals surface area contributed by atoms with E-state index in [1.165, 1.54) is 0 Å². The van der Waals surface area contributed by atoms with Gasteiger partial charge in [-0.2, -0.15) is 0 Å². The van der Waals surface area contributed by atoms with Crippen LogP contribution in [0.25, 0.3) is 11.0 Å². The van der Waals surface area contributed by atoms with Gasteiger partial charge < -0.3 is 19.5 Å². The van der Waals surface area contributed by atoms with Crippen molar-refractivity contribution in [3.8, 4) is 0 Å². The summed E-state index contributed by atoms with van der Waals surface area (Å²) in [7, 11) is 1.95. The molecular weight excluding hydrogens is 342 g/mol. The first kappa shape index (κ1) is 17.5. The number of carbonyl (C=O) groups excluding carboxylic acids is 1. The number of ether oxygens (including phenoxy) is 1. The molecule has 1 aliphatic rings. The Morgan fingerprint density at radius 2 is 2.19 bits per heavy atom. The summed E-state index contributed by atoms with van der Waals surface area (Å²) >= 11 is 0. The van der Waals surface area contributed by atoms with Gasteiger partial charge in [-0.1, -0.05) is 0 Å². The molecule has 0 saturated carbocycles. The van der Waals surface area contributed by atoms with Crippen LogP contribution in [0, 0.1) is 0 Å². The van der Waals surface area contributed by atoms with Crippen molar-refractivity contribution in [3.05, 3.63) is 54.6 Å². The van der Waals surface area contributed by atoms with Crippen molar-refractivity contribution >= 4 is 22.8 Å². The first-order chi connectivity index (χ1) is 13.2. The molecule has 1 N–H and O–H groups in total. The standard InChI is InChI=1S/C20H23N5O2/c1-24-14-22-18-11-16(4-5-19(18)24)23-20(26)25(13-17-3-2-10-27-17)12-15-6-8-21-9-7-15/h4-9,11,14,17H,2-3,10,12-13H2,1H3,(H,23,26)/t17-/m1/s1. The van der Waals surface area contributed by atoms with Gasteiger partial charge in [0, 0.05) is 44.8 Å². The third-order valence-corrected chi connectivity index (χ3v) is 4.83. The Morgan fingerprint density at radius 1 is 1.33 bits per heavy atom. The third kappa shape index (κ3) is 4.09. The highest BCUT2D eigenvalue weighted by Crippen LogP contribution is 2.19. The Hall–Kier alpha value is -2.93. The Morgan fingerprint density at radius 3 is 2.96 bits per heavy atom. The van der Waals surface area contributed by atoms with E-state index in [0.717, 1.165) is 41.7 Å². The third-order valence-electron chi connectivity index (χ3n) is 4.83. The fourth-order valence-electron chi connectivity index (χ4n) is 3.38. The molecular formula is C20H23N5O2. The zero-order valence-electron chi connectivity index (χ0n) is 15.3. The lowest BCUT2D eigenvalue weighted by Crippen LogP contribution is -2.39. The zero-order chi connectivity index (χ0) is 18.6. The van der Waals surface area contributed by atoms with E-state index in [0.29, 0.717) is 13.1 Å². The molecule has 2 aromatic heterocycles. The van der Waals surface area contributed by atoms with E-state index < -0.39 is 0 Å². The van der Waals surface area contributed by atoms with E-state index in [-0.39, 0.29) is 12.1 Å². The number of nitrogens with zero attached hydrogens (tertiary/aromatic N) is 4. The molecule has 0 spiro atoms. The fourth-order valence-corrected chi connectivity index (χ4v) is 3.38. The van der Waals surface area contributed by atoms with Crippen molar-refractivity contribution in [2.45, 2.75) is 25.5 Å². The highest BCUT2D eigenvalue weighted by Gasteiger charge is 2.23. The van der Waals surface area contributed by atoms with Crippen LogP contribution in [0.1, 0.15) is 18.4 Å². The van der Waals surface area contributed by atoms with Crippen LogP contribution >= 0.6 is 0 Å². The normalized spacial score (nSPS) is 16.6. The zero-order valence-corrected chi connectivity index (χ0v) is 15.3. The molecule has 4 rings (SSSR count). The monoisotopic (exact) mass is 365 g/mol. The second-order valence-electron chi connectivity index (χ2n) is 6.86. The molecule has 1 aromatic carbocycles. The minimum atomic E-state index is -0.141. The number of hydrogen-bond acceptors (Lipinski definition) is 4. The van der Waals surface area contributed by atoms with Crippen LogP contribution in [-0.4, -0.2) is 44.7 Å². The Kier molecular flexibility index (Phi) is 5.02. The van der Waals surface area contributed by atoms with E-state index in [1.807, 2.05) is 41.9 Å². The summed E-state index contributed by atoms with van der Waals surface area (Å²) in [5.74, 6) is 0. The average Bonchev–Trinajstić information content (AvgIpc) is 3.32. The van der Waals surface area contributed by atoms with Crippen LogP contribution in [0.5, 0.6) is 0 Å². The summed E-state index contributed by atoms with van der Waals surface area (Å²) in [5.41, 5.74) is 3.66. The fraction of sp³-hybridized carbons (Fsp3) is 0.350. The molecule has 2 amide bonds. The van der Waals surface area contributed by atoms with Crippen LogP contribution in [0.4, 0.5) is 10.5 Å². The number of nitrogens with one attached hydrogen (secondary N) is 1. The van der Waals surface area contributed by atoms with Crippen LogP contribution in [-0.2, 0) is 18.3 Å². The number of amides is 2. The van der Waals surface area contributed by atoms with Crippen LogP contribution in [0.15, 0.2) is 49.1 Å². The summed E-state index contributed by atoms with van der Waals surface area (Å²) in [6, 6.07) is 9.47. The van der Waals surface area contributed by atoms with Gasteiger partial charge in [0.25, 0.3) is 0 Å². The number of imidazole rings is 1. The summed E-state index contributed by atoms with van der Waals surface area (Å²) < 4.78 is 7.69. The number of hydrogen-bond donors (Lipinski definition) is 1. The number of carbonyl (C=O) groups is 1. The molecule has 27 heavy (non-hydrogen) atoms. The molecule has 1 atom stereocenters. The van der Waals surface area contributed by atoms with Crippen molar-refractivity contribution in [2.75, 3.05) is 18.5 Å². The minimum absolute atomic E-state index is 0.0934. The van der Waals surface area contributed by atoms with Crippen LogP contribution < -0.4 is 5.32 Å². The molecule has 0 bridgehead atoms. The van der Waals surface area contributed by atoms with Crippen molar-refractivity contribution in [2.24, 2.45) is 7.05 Å². The molecule has 0 unspecified atom stereocenters. The molecule has 0 aliphatic carbocycles. The number of benzene rings is 1. The van der Waals surface area contributed by atoms with Gasteiger partial charge in [0.1, 0.15) is 0 Å². The van der Waals surface area contributed by atoms with E-state index in [1.54, 1.807) is 23.6 Å². The van der Waals surface area contributed by atoms with Crippen LogP contribution in [0.2, 0.25) is 0 Å². The van der Waals surface area contributed by atoms with Gasteiger partial charge in [0.2, 0.25) is 0 Å². The predicted molar refractivity (Wildman–Crippen MR) is 103 cm³/mol. The number of fused-ring (bicyclic) bond motifs is 1. The van der Waals surface area contributed by atoms with Crippen molar-refractivity contribution in [1.82, 2.24) is 19.4 Å². The molecule has 1 fully saturated rings. The van der Waals surface area contributed by atoms with Gasteiger partial charge >= 0.3 is 6.03 Å². The topological polar surface area (TPSA) is 72.3 Å². The molecule has 0 radical (unpaired) electrons. The van der Waals surface area contributed by atoms with Crippen molar-refractivity contribution in [3.63, 3.8) is 0 Å². The van der Waals surface area contributed by atoms with Gasteiger partial charge in [-0.3, -0.25) is 4.98 Å². The molecule has 140 valence electrons. The lowest BCUT2D eigenvalue weighted by atomic mass is 10.2. The van der Waals surface area contributed by atoms with Gasteiger partial charge in [-0.05, 0) is 48.7 Å². The number of aromatic nitrogens is 3. The van der Waals surface area contributed by atoms with Gasteiger partial charge in [0.15, 0.2) is 0 Å². The first-order valence-electron chi connectivity index (χ1n) is 9.16. The number of urea groups is 1. The Balaban J connectivity index is 1.50. The summed E-state index contributed by atoms with van der Waals surface area (Å²) in [6.07, 6.45) is 7.38. The Labute approximate surface area is 158 Å². The largest absolute Gasteiger partial charge is 0.376 e. The van der Waals surface area contributed by atoms with Gasteiger partial charge in [-0.25, -0.2) is 9.78 Å². The SMILES string of the molecule is Cn1cnc2cc(NC(=O)N(Cc3ccncc3)C[C@H]3CCCO3)ccc21.